The molecule has 4 aromatic rings. The van der Waals surface area contributed by atoms with Gasteiger partial charge in [-0.2, -0.15) is 10.1 Å². The van der Waals surface area contributed by atoms with E-state index in [9.17, 15) is 5.11 Å². The molecule has 0 spiro atoms. The number of aliphatic hydroxyl groups is 1. The Hall–Kier alpha value is -3.59. The standard InChI is InChI=1S/C24H29N7O2/c1-15(2)24(5,19-8-6-16(7-9-19)17-10-26-22(25)27-11-17)21-29-20(33-30-21)18-12-28-31(13-18)14-23(3,4)32/h6-13,15,32H,14H2,1-5H3,(H2,25,26,27)/t24-/m0/s1. The Morgan fingerprint density at radius 1 is 1.00 bits per heavy atom. The van der Waals surface area contributed by atoms with Gasteiger partial charge >= 0.3 is 0 Å². The molecule has 3 heterocycles. The summed E-state index contributed by atoms with van der Waals surface area (Å²) in [7, 11) is 0. The highest BCUT2D eigenvalue weighted by Gasteiger charge is 2.37. The molecule has 0 aliphatic rings. The van der Waals surface area contributed by atoms with Crippen LogP contribution in [0, 0.1) is 5.92 Å². The van der Waals surface area contributed by atoms with Crippen LogP contribution < -0.4 is 5.73 Å². The van der Waals surface area contributed by atoms with Crippen LogP contribution in [0.3, 0.4) is 0 Å². The molecule has 1 aromatic carbocycles. The molecule has 9 nitrogen and oxygen atoms in total. The monoisotopic (exact) mass is 447 g/mol. The number of nitrogens with zero attached hydrogens (tertiary/aromatic N) is 6. The zero-order valence-corrected chi connectivity index (χ0v) is 19.5. The minimum Gasteiger partial charge on any atom is -0.389 e. The van der Waals surface area contributed by atoms with Crippen LogP contribution in [0.5, 0.6) is 0 Å². The molecule has 33 heavy (non-hydrogen) atoms. The van der Waals surface area contributed by atoms with Crippen LogP contribution in [0.2, 0.25) is 0 Å². The second kappa shape index (κ2) is 8.40. The summed E-state index contributed by atoms with van der Waals surface area (Å²) >= 11 is 0. The minimum absolute atomic E-state index is 0.201. The molecule has 0 saturated carbocycles. The molecule has 172 valence electrons. The molecule has 0 bridgehead atoms. The summed E-state index contributed by atoms with van der Waals surface area (Å²) < 4.78 is 7.28. The topological polar surface area (TPSA) is 129 Å². The van der Waals surface area contributed by atoms with Crippen molar-refractivity contribution in [2.75, 3.05) is 5.73 Å². The first-order chi connectivity index (χ1) is 15.6. The molecule has 1 atom stereocenters. The Morgan fingerprint density at radius 3 is 2.27 bits per heavy atom. The van der Waals surface area contributed by atoms with E-state index >= 15 is 0 Å². The maximum absolute atomic E-state index is 10.0. The Labute approximate surface area is 192 Å². The van der Waals surface area contributed by atoms with Gasteiger partial charge in [0.05, 0.1) is 29.3 Å². The van der Waals surface area contributed by atoms with Gasteiger partial charge in [-0.05, 0) is 37.8 Å². The van der Waals surface area contributed by atoms with Crippen molar-refractivity contribution in [2.24, 2.45) is 5.92 Å². The molecule has 0 radical (unpaired) electrons. The third-order valence-electron chi connectivity index (χ3n) is 5.96. The minimum atomic E-state index is -0.871. The number of aromatic nitrogens is 6. The van der Waals surface area contributed by atoms with Crippen molar-refractivity contribution in [3.8, 4) is 22.6 Å². The Kier molecular flexibility index (Phi) is 5.75. The van der Waals surface area contributed by atoms with Gasteiger partial charge in [-0.1, -0.05) is 43.3 Å². The molecule has 0 fully saturated rings. The molecule has 3 N–H and O–H groups in total. The van der Waals surface area contributed by atoms with Crippen LogP contribution in [0.4, 0.5) is 5.95 Å². The lowest BCUT2D eigenvalue weighted by Crippen LogP contribution is -2.31. The van der Waals surface area contributed by atoms with Crippen LogP contribution in [-0.4, -0.2) is 40.6 Å². The summed E-state index contributed by atoms with van der Waals surface area (Å²) in [6.45, 7) is 10.2. The van der Waals surface area contributed by atoms with Crippen molar-refractivity contribution in [3.05, 3.63) is 60.4 Å². The van der Waals surface area contributed by atoms with E-state index < -0.39 is 11.0 Å². The van der Waals surface area contributed by atoms with Gasteiger partial charge in [0.15, 0.2) is 5.82 Å². The second-order valence-corrected chi connectivity index (χ2v) is 9.43. The maximum atomic E-state index is 10.0. The quantitative estimate of drug-likeness (QED) is 0.439. The van der Waals surface area contributed by atoms with Gasteiger partial charge in [0, 0.05) is 24.2 Å². The van der Waals surface area contributed by atoms with Crippen LogP contribution >= 0.6 is 0 Å². The third-order valence-corrected chi connectivity index (χ3v) is 5.96. The summed E-state index contributed by atoms with van der Waals surface area (Å²) in [6.07, 6.45) is 6.88. The fraction of sp³-hybridized carbons (Fsp3) is 0.375. The van der Waals surface area contributed by atoms with Crippen LogP contribution in [0.1, 0.15) is 46.0 Å². The SMILES string of the molecule is CC(C)[C@@](C)(c1ccc(-c2cnc(N)nc2)cc1)c1noc(-c2cnn(CC(C)(C)O)c2)n1. The summed E-state index contributed by atoms with van der Waals surface area (Å²) in [6, 6.07) is 8.21. The lowest BCUT2D eigenvalue weighted by atomic mass is 9.72. The number of anilines is 1. The number of benzene rings is 1. The van der Waals surface area contributed by atoms with E-state index in [2.05, 4.69) is 53.1 Å². The van der Waals surface area contributed by atoms with E-state index in [0.29, 0.717) is 23.8 Å². The fourth-order valence-corrected chi connectivity index (χ4v) is 3.73. The van der Waals surface area contributed by atoms with Crippen molar-refractivity contribution >= 4 is 5.95 Å². The zero-order chi connectivity index (χ0) is 23.8. The lowest BCUT2D eigenvalue weighted by molar-refractivity contribution is 0.0577. The van der Waals surface area contributed by atoms with Crippen LogP contribution in [-0.2, 0) is 12.0 Å². The van der Waals surface area contributed by atoms with Gasteiger partial charge in [0.1, 0.15) is 0 Å². The van der Waals surface area contributed by atoms with E-state index in [1.807, 2.05) is 12.1 Å². The van der Waals surface area contributed by atoms with Crippen LogP contribution in [0.25, 0.3) is 22.6 Å². The smallest absolute Gasteiger partial charge is 0.261 e. The molecule has 0 aliphatic heterocycles. The first kappa shape index (κ1) is 22.6. The van der Waals surface area contributed by atoms with Gasteiger partial charge in [0.2, 0.25) is 5.95 Å². The molecule has 0 amide bonds. The summed E-state index contributed by atoms with van der Waals surface area (Å²) in [5, 5.41) is 18.7. The maximum Gasteiger partial charge on any atom is 0.261 e. The van der Waals surface area contributed by atoms with Gasteiger partial charge in [-0.3, -0.25) is 4.68 Å². The van der Waals surface area contributed by atoms with Gasteiger partial charge in [-0.25, -0.2) is 9.97 Å². The Morgan fingerprint density at radius 2 is 1.67 bits per heavy atom. The van der Waals surface area contributed by atoms with E-state index in [1.165, 1.54) is 0 Å². The highest BCUT2D eigenvalue weighted by atomic mass is 16.5. The average molecular weight is 448 g/mol. The first-order valence-electron chi connectivity index (χ1n) is 10.8. The number of nitrogen functional groups attached to an aromatic ring is 1. The number of nitrogens with two attached hydrogens (primary N) is 1. The van der Waals surface area contributed by atoms with Crippen molar-refractivity contribution in [3.63, 3.8) is 0 Å². The van der Waals surface area contributed by atoms with Crippen molar-refractivity contribution in [2.45, 2.75) is 52.2 Å². The highest BCUT2D eigenvalue weighted by Crippen LogP contribution is 2.38. The molecule has 0 aliphatic carbocycles. The van der Waals surface area contributed by atoms with Gasteiger partial charge in [-0.15, -0.1) is 0 Å². The predicted octanol–water partition coefficient (Wildman–Crippen LogP) is 3.71. The van der Waals surface area contributed by atoms with Crippen molar-refractivity contribution < 1.29 is 9.63 Å². The van der Waals surface area contributed by atoms with Crippen molar-refractivity contribution in [1.82, 2.24) is 29.9 Å². The van der Waals surface area contributed by atoms with Crippen LogP contribution in [0.15, 0.2) is 53.6 Å². The molecular weight excluding hydrogens is 418 g/mol. The first-order valence-corrected chi connectivity index (χ1v) is 10.8. The Balaban J connectivity index is 1.63. The zero-order valence-electron chi connectivity index (χ0n) is 19.5. The summed E-state index contributed by atoms with van der Waals surface area (Å²) in [5.41, 5.74) is 7.93. The van der Waals surface area contributed by atoms with E-state index in [1.54, 1.807) is 43.3 Å². The predicted molar refractivity (Wildman–Crippen MR) is 125 cm³/mol. The third kappa shape index (κ3) is 4.63. The van der Waals surface area contributed by atoms with E-state index in [4.69, 9.17) is 15.2 Å². The second-order valence-electron chi connectivity index (χ2n) is 9.43. The van der Waals surface area contributed by atoms with Crippen molar-refractivity contribution in [1.29, 1.82) is 0 Å². The van der Waals surface area contributed by atoms with Gasteiger partial charge in [0.25, 0.3) is 5.89 Å². The molecule has 3 aromatic heterocycles. The van der Waals surface area contributed by atoms with E-state index in [-0.39, 0.29) is 11.9 Å². The highest BCUT2D eigenvalue weighted by molar-refractivity contribution is 5.62. The Bertz CT molecular complexity index is 1220. The largest absolute Gasteiger partial charge is 0.389 e. The molecule has 9 heteroatoms. The summed E-state index contributed by atoms with van der Waals surface area (Å²) in [5.74, 6) is 1.45. The summed E-state index contributed by atoms with van der Waals surface area (Å²) in [4.78, 5) is 12.9. The molecule has 4 rings (SSSR count). The van der Waals surface area contributed by atoms with Gasteiger partial charge < -0.3 is 15.4 Å². The number of hydrogen-bond donors (Lipinski definition) is 2. The molecule has 0 unspecified atom stereocenters. The number of hydrogen-bond acceptors (Lipinski definition) is 8. The normalized spacial score (nSPS) is 13.9. The number of rotatable bonds is 7. The lowest BCUT2D eigenvalue weighted by Gasteiger charge is -2.31. The average Bonchev–Trinajstić information content (AvgIpc) is 3.42. The fourth-order valence-electron chi connectivity index (χ4n) is 3.73. The van der Waals surface area contributed by atoms with E-state index in [0.717, 1.165) is 16.7 Å². The molecular formula is C24H29N7O2. The molecule has 0 saturated heterocycles.